The van der Waals surface area contributed by atoms with Crippen molar-refractivity contribution in [1.82, 2.24) is 15.1 Å². The van der Waals surface area contributed by atoms with Crippen molar-refractivity contribution in [2.24, 2.45) is 5.73 Å². The Balaban J connectivity index is 2.59. The maximum atomic E-state index is 12.3. The quantitative estimate of drug-likeness (QED) is 0.726. The molecule has 1 aliphatic heterocycles. The van der Waals surface area contributed by atoms with Crippen LogP contribution in [0.1, 0.15) is 33.6 Å². The summed E-state index contributed by atoms with van der Waals surface area (Å²) < 4.78 is 0. The third-order valence-corrected chi connectivity index (χ3v) is 4.21. The lowest BCUT2D eigenvalue weighted by atomic mass is 10.1. The zero-order valence-corrected chi connectivity index (χ0v) is 12.9. The molecule has 2 unspecified atom stereocenters. The fraction of sp³-hybridized carbons (Fsp3) is 0.929. The molecule has 2 atom stereocenters. The molecular formula is C14H30N4O. The predicted molar refractivity (Wildman–Crippen MR) is 79.0 cm³/mol. The molecule has 112 valence electrons. The molecule has 0 aliphatic carbocycles. The van der Waals surface area contributed by atoms with Gasteiger partial charge in [0.2, 0.25) is 5.91 Å². The summed E-state index contributed by atoms with van der Waals surface area (Å²) in [4.78, 5) is 16.8. The Morgan fingerprint density at radius 2 is 2.00 bits per heavy atom. The van der Waals surface area contributed by atoms with Gasteiger partial charge in [0.25, 0.3) is 0 Å². The van der Waals surface area contributed by atoms with Gasteiger partial charge in [-0.3, -0.25) is 9.69 Å². The van der Waals surface area contributed by atoms with Gasteiger partial charge in [-0.15, -0.1) is 0 Å². The standard InChI is InChI=1S/C14H30N4O/c1-5-12(6-2)16-14(19)11(3)18-8-7-17(4)10-13(18)9-15/h11-13H,5-10,15H2,1-4H3,(H,16,19). The molecule has 0 radical (unpaired) electrons. The minimum atomic E-state index is -0.0946. The van der Waals surface area contributed by atoms with E-state index in [-0.39, 0.29) is 18.0 Å². The summed E-state index contributed by atoms with van der Waals surface area (Å²) in [5.74, 6) is 0.136. The molecule has 5 heteroatoms. The lowest BCUT2D eigenvalue weighted by Gasteiger charge is -2.42. The Kier molecular flexibility index (Phi) is 6.75. The van der Waals surface area contributed by atoms with Gasteiger partial charge in [-0.25, -0.2) is 0 Å². The summed E-state index contributed by atoms with van der Waals surface area (Å²) in [6.45, 7) is 9.67. The van der Waals surface area contributed by atoms with Crippen LogP contribution in [-0.4, -0.2) is 67.1 Å². The van der Waals surface area contributed by atoms with Crippen molar-refractivity contribution in [2.45, 2.75) is 51.7 Å². The molecule has 1 amide bonds. The molecule has 0 aromatic carbocycles. The SMILES string of the molecule is CCC(CC)NC(=O)C(C)N1CCN(C)CC1CN. The van der Waals surface area contributed by atoms with E-state index >= 15 is 0 Å². The number of piperazine rings is 1. The van der Waals surface area contributed by atoms with Gasteiger partial charge < -0.3 is 16.0 Å². The summed E-state index contributed by atoms with van der Waals surface area (Å²) in [5, 5.41) is 3.13. The van der Waals surface area contributed by atoms with Crippen molar-refractivity contribution in [2.75, 3.05) is 33.2 Å². The van der Waals surface area contributed by atoms with E-state index in [4.69, 9.17) is 5.73 Å². The average Bonchev–Trinajstić information content (AvgIpc) is 2.43. The lowest BCUT2D eigenvalue weighted by Crippen LogP contribution is -2.61. The van der Waals surface area contributed by atoms with Gasteiger partial charge in [0.1, 0.15) is 0 Å². The van der Waals surface area contributed by atoms with Crippen molar-refractivity contribution >= 4 is 5.91 Å². The molecule has 5 nitrogen and oxygen atoms in total. The summed E-state index contributed by atoms with van der Waals surface area (Å²) in [6, 6.07) is 0.475. The number of likely N-dealkylation sites (N-methyl/N-ethyl adjacent to an activating group) is 1. The monoisotopic (exact) mass is 270 g/mol. The van der Waals surface area contributed by atoms with E-state index in [1.165, 1.54) is 0 Å². The number of carbonyl (C=O) groups is 1. The van der Waals surface area contributed by atoms with Crippen LogP contribution >= 0.6 is 0 Å². The molecule has 1 heterocycles. The number of rotatable bonds is 6. The summed E-state index contributed by atoms with van der Waals surface area (Å²) in [5.41, 5.74) is 5.85. The van der Waals surface area contributed by atoms with Crippen LogP contribution in [0.15, 0.2) is 0 Å². The van der Waals surface area contributed by atoms with Gasteiger partial charge in [-0.05, 0) is 26.8 Å². The van der Waals surface area contributed by atoms with Crippen LogP contribution in [0.4, 0.5) is 0 Å². The smallest absolute Gasteiger partial charge is 0.237 e. The number of hydrogen-bond donors (Lipinski definition) is 2. The maximum Gasteiger partial charge on any atom is 0.237 e. The number of amides is 1. The highest BCUT2D eigenvalue weighted by Gasteiger charge is 2.31. The summed E-state index contributed by atoms with van der Waals surface area (Å²) in [6.07, 6.45) is 1.97. The van der Waals surface area contributed by atoms with E-state index in [9.17, 15) is 4.79 Å². The largest absolute Gasteiger partial charge is 0.352 e. The van der Waals surface area contributed by atoms with E-state index < -0.39 is 0 Å². The zero-order valence-electron chi connectivity index (χ0n) is 12.9. The molecule has 0 aromatic heterocycles. The second kappa shape index (κ2) is 7.82. The van der Waals surface area contributed by atoms with E-state index in [1.807, 2.05) is 6.92 Å². The molecule has 0 spiro atoms. The van der Waals surface area contributed by atoms with Crippen molar-refractivity contribution in [3.8, 4) is 0 Å². The van der Waals surface area contributed by atoms with E-state index in [0.29, 0.717) is 12.6 Å². The molecule has 1 fully saturated rings. The van der Waals surface area contributed by atoms with Crippen LogP contribution < -0.4 is 11.1 Å². The number of carbonyl (C=O) groups excluding carboxylic acids is 1. The second-order valence-electron chi connectivity index (χ2n) is 5.59. The molecule has 19 heavy (non-hydrogen) atoms. The van der Waals surface area contributed by atoms with E-state index in [1.54, 1.807) is 0 Å². The highest BCUT2D eigenvalue weighted by Crippen LogP contribution is 2.12. The Morgan fingerprint density at radius 3 is 2.53 bits per heavy atom. The molecule has 0 bridgehead atoms. The molecule has 3 N–H and O–H groups in total. The van der Waals surface area contributed by atoms with Crippen LogP contribution in [-0.2, 0) is 4.79 Å². The first kappa shape index (κ1) is 16.4. The Hall–Kier alpha value is -0.650. The third-order valence-electron chi connectivity index (χ3n) is 4.21. The minimum Gasteiger partial charge on any atom is -0.352 e. The maximum absolute atomic E-state index is 12.3. The highest BCUT2D eigenvalue weighted by atomic mass is 16.2. The van der Waals surface area contributed by atoms with Gasteiger partial charge in [0.15, 0.2) is 0 Å². The van der Waals surface area contributed by atoms with Crippen molar-refractivity contribution in [3.63, 3.8) is 0 Å². The normalized spacial score (nSPS) is 23.6. The first-order chi connectivity index (χ1) is 9.03. The van der Waals surface area contributed by atoms with Gasteiger partial charge in [0, 0.05) is 38.3 Å². The molecule has 1 aliphatic rings. The van der Waals surface area contributed by atoms with Crippen LogP contribution in [0.25, 0.3) is 0 Å². The van der Waals surface area contributed by atoms with Crippen molar-refractivity contribution in [3.05, 3.63) is 0 Å². The fourth-order valence-corrected chi connectivity index (χ4v) is 2.71. The van der Waals surface area contributed by atoms with Gasteiger partial charge in [-0.2, -0.15) is 0 Å². The molecule has 0 aromatic rings. The minimum absolute atomic E-state index is 0.0946. The highest BCUT2D eigenvalue weighted by molar-refractivity contribution is 5.81. The van der Waals surface area contributed by atoms with E-state index in [2.05, 4.69) is 36.0 Å². The van der Waals surface area contributed by atoms with Gasteiger partial charge in [0.05, 0.1) is 6.04 Å². The third kappa shape index (κ3) is 4.44. The second-order valence-corrected chi connectivity index (χ2v) is 5.59. The van der Waals surface area contributed by atoms with Gasteiger partial charge in [-0.1, -0.05) is 13.8 Å². The molecule has 1 saturated heterocycles. The van der Waals surface area contributed by atoms with Crippen LogP contribution in [0.5, 0.6) is 0 Å². The predicted octanol–water partition coefficient (Wildman–Crippen LogP) is 0.254. The summed E-state index contributed by atoms with van der Waals surface area (Å²) >= 11 is 0. The van der Waals surface area contributed by atoms with Crippen LogP contribution in [0.2, 0.25) is 0 Å². The Morgan fingerprint density at radius 1 is 1.37 bits per heavy atom. The van der Waals surface area contributed by atoms with Crippen molar-refractivity contribution < 1.29 is 4.79 Å². The zero-order chi connectivity index (χ0) is 14.4. The first-order valence-electron chi connectivity index (χ1n) is 7.48. The molecule has 1 rings (SSSR count). The topological polar surface area (TPSA) is 61.6 Å². The van der Waals surface area contributed by atoms with Crippen molar-refractivity contribution in [1.29, 1.82) is 0 Å². The van der Waals surface area contributed by atoms with Crippen LogP contribution in [0, 0.1) is 0 Å². The molecule has 0 saturated carbocycles. The molecular weight excluding hydrogens is 240 g/mol. The first-order valence-corrected chi connectivity index (χ1v) is 7.48. The fourth-order valence-electron chi connectivity index (χ4n) is 2.71. The number of nitrogens with zero attached hydrogens (tertiary/aromatic N) is 2. The number of nitrogens with one attached hydrogen (secondary N) is 1. The average molecular weight is 270 g/mol. The number of hydrogen-bond acceptors (Lipinski definition) is 4. The number of nitrogens with two attached hydrogens (primary N) is 1. The van der Waals surface area contributed by atoms with Gasteiger partial charge >= 0.3 is 0 Å². The summed E-state index contributed by atoms with van der Waals surface area (Å²) in [7, 11) is 2.11. The Labute approximate surface area is 117 Å². The Bertz CT molecular complexity index is 281. The van der Waals surface area contributed by atoms with E-state index in [0.717, 1.165) is 32.5 Å². The van der Waals surface area contributed by atoms with Crippen LogP contribution in [0.3, 0.4) is 0 Å². The lowest BCUT2D eigenvalue weighted by molar-refractivity contribution is -0.128.